The lowest BCUT2D eigenvalue weighted by Crippen LogP contribution is -2.42. The van der Waals surface area contributed by atoms with E-state index in [2.05, 4.69) is 59.8 Å². The number of aromatic nitrogens is 1. The minimum Gasteiger partial charge on any atom is -0.382 e. The summed E-state index contributed by atoms with van der Waals surface area (Å²) in [6.45, 7) is 9.58. The van der Waals surface area contributed by atoms with Crippen molar-refractivity contribution in [3.8, 4) is 0 Å². The molecule has 1 aliphatic heterocycles. The smallest absolute Gasteiger partial charge is 0.141 e. The molecule has 0 aromatic carbocycles. The largest absolute Gasteiger partial charge is 0.382 e. The van der Waals surface area contributed by atoms with E-state index in [4.69, 9.17) is 11.1 Å². The Morgan fingerprint density at radius 1 is 1.19 bits per heavy atom. The van der Waals surface area contributed by atoms with Crippen molar-refractivity contribution in [2.75, 3.05) is 66.5 Å². The van der Waals surface area contributed by atoms with E-state index in [-0.39, 0.29) is 5.84 Å². The summed E-state index contributed by atoms with van der Waals surface area (Å²) in [6.07, 6.45) is 1.17. The molecule has 0 aliphatic carbocycles. The van der Waals surface area contributed by atoms with Gasteiger partial charge in [-0.1, -0.05) is 6.07 Å². The van der Waals surface area contributed by atoms with Crippen LogP contribution < -0.4 is 5.73 Å². The molecule has 0 amide bonds. The van der Waals surface area contributed by atoms with E-state index in [0.29, 0.717) is 5.69 Å². The van der Waals surface area contributed by atoms with Crippen molar-refractivity contribution in [3.05, 3.63) is 29.6 Å². The summed E-state index contributed by atoms with van der Waals surface area (Å²) < 4.78 is 2.22. The highest BCUT2D eigenvalue weighted by Gasteiger charge is 2.14. The first kappa shape index (κ1) is 21.5. The lowest BCUT2D eigenvalue weighted by molar-refractivity contribution is 0.159. The molecule has 0 bridgehead atoms. The number of rotatable bonds is 6. The molecule has 1 fully saturated rings. The fourth-order valence-electron chi connectivity index (χ4n) is 3.09. The van der Waals surface area contributed by atoms with Gasteiger partial charge in [-0.3, -0.25) is 10.3 Å². The molecule has 146 valence electrons. The lowest BCUT2D eigenvalue weighted by Gasteiger charge is -2.31. The van der Waals surface area contributed by atoms with Crippen LogP contribution in [0.25, 0.3) is 0 Å². The molecule has 8 heteroatoms. The van der Waals surface area contributed by atoms with Crippen LogP contribution in [0.15, 0.2) is 18.2 Å². The van der Waals surface area contributed by atoms with Crippen LogP contribution in [0.3, 0.4) is 0 Å². The first-order valence-electron chi connectivity index (χ1n) is 9.24. The number of pyridine rings is 1. The molecule has 7 nitrogen and oxygen atoms in total. The summed E-state index contributed by atoms with van der Waals surface area (Å²) in [4.78, 5) is 12.0. The van der Waals surface area contributed by atoms with Gasteiger partial charge in [0.15, 0.2) is 0 Å². The maximum atomic E-state index is 7.57. The number of hydrogen-bond donors (Lipinski definition) is 2. The fourth-order valence-corrected chi connectivity index (χ4v) is 3.30. The van der Waals surface area contributed by atoms with Crippen molar-refractivity contribution >= 4 is 28.7 Å². The van der Waals surface area contributed by atoms with Crippen LogP contribution in [-0.2, 0) is 6.54 Å². The van der Waals surface area contributed by atoms with Crippen LogP contribution in [-0.4, -0.2) is 95.1 Å². The molecular weight excluding hydrogens is 441 g/mol. The Bertz CT molecular complexity index is 566. The Morgan fingerprint density at radius 2 is 1.88 bits per heavy atom. The zero-order chi connectivity index (χ0) is 18.9. The van der Waals surface area contributed by atoms with Gasteiger partial charge in [0, 0.05) is 68.7 Å². The minimum atomic E-state index is 0.0309. The van der Waals surface area contributed by atoms with E-state index in [1.54, 1.807) is 6.07 Å². The number of nitrogens with one attached hydrogen (secondary N) is 1. The Morgan fingerprint density at radius 3 is 2.58 bits per heavy atom. The summed E-state index contributed by atoms with van der Waals surface area (Å²) in [5.41, 5.74) is 7.13. The van der Waals surface area contributed by atoms with Crippen LogP contribution in [0, 0.1) is 5.41 Å². The van der Waals surface area contributed by atoms with Crippen LogP contribution >= 0.6 is 22.9 Å². The third-order valence-corrected chi connectivity index (χ3v) is 5.22. The number of hydrogen-bond acceptors (Lipinski definition) is 6. The van der Waals surface area contributed by atoms with Crippen molar-refractivity contribution in [1.29, 1.82) is 5.41 Å². The molecule has 1 aliphatic rings. The summed E-state index contributed by atoms with van der Waals surface area (Å²) in [5.74, 6) is 0.0309. The molecule has 1 aromatic rings. The SMILES string of the molecule is CN(I)CCN1CCCN(Cc2cccc(C(=N)N)n2)CCN(C)CC1. The molecule has 2 heterocycles. The Labute approximate surface area is 171 Å². The summed E-state index contributed by atoms with van der Waals surface area (Å²) in [6, 6.07) is 5.76. The van der Waals surface area contributed by atoms with Gasteiger partial charge in [0.1, 0.15) is 11.5 Å². The Balaban J connectivity index is 1.94. The fraction of sp³-hybridized carbons (Fsp3) is 0.667. The molecule has 0 radical (unpaired) electrons. The first-order valence-corrected chi connectivity index (χ1v) is 10.2. The van der Waals surface area contributed by atoms with Crippen LogP contribution in [0.2, 0.25) is 0 Å². The van der Waals surface area contributed by atoms with Gasteiger partial charge in [-0.25, -0.2) is 8.10 Å². The number of nitrogen functional groups attached to an aromatic ring is 1. The monoisotopic (exact) mass is 473 g/mol. The van der Waals surface area contributed by atoms with Gasteiger partial charge in [0.05, 0.1) is 5.69 Å². The topological polar surface area (TPSA) is 75.7 Å². The van der Waals surface area contributed by atoms with Crippen molar-refractivity contribution in [3.63, 3.8) is 0 Å². The molecular formula is C18H32IN7. The average molecular weight is 473 g/mol. The zero-order valence-corrected chi connectivity index (χ0v) is 18.2. The second-order valence-electron chi connectivity index (χ2n) is 7.03. The van der Waals surface area contributed by atoms with Gasteiger partial charge in [0.2, 0.25) is 0 Å². The van der Waals surface area contributed by atoms with Gasteiger partial charge in [-0.15, -0.1) is 0 Å². The van der Waals surface area contributed by atoms with E-state index >= 15 is 0 Å². The molecule has 3 N–H and O–H groups in total. The van der Waals surface area contributed by atoms with Gasteiger partial charge in [0.25, 0.3) is 0 Å². The number of nitrogens with zero attached hydrogens (tertiary/aromatic N) is 5. The van der Waals surface area contributed by atoms with Crippen molar-refractivity contribution in [2.45, 2.75) is 13.0 Å². The third-order valence-electron chi connectivity index (χ3n) is 4.74. The third kappa shape index (κ3) is 7.83. The van der Waals surface area contributed by atoms with E-state index in [1.807, 2.05) is 12.1 Å². The number of likely N-dealkylation sites (N-methyl/N-ethyl adjacent to an activating group) is 2. The summed E-state index contributed by atoms with van der Waals surface area (Å²) in [5, 5.41) is 7.57. The first-order chi connectivity index (χ1) is 12.4. The van der Waals surface area contributed by atoms with E-state index in [1.165, 1.54) is 6.42 Å². The highest BCUT2D eigenvalue weighted by Crippen LogP contribution is 2.07. The molecule has 1 saturated heterocycles. The van der Waals surface area contributed by atoms with Gasteiger partial charge in [-0.05, 0) is 45.7 Å². The molecule has 0 unspecified atom stereocenters. The Kier molecular flexibility index (Phi) is 9.20. The van der Waals surface area contributed by atoms with Crippen molar-refractivity contribution < 1.29 is 0 Å². The normalized spacial score (nSPS) is 18.9. The van der Waals surface area contributed by atoms with Gasteiger partial charge < -0.3 is 15.5 Å². The molecule has 0 saturated carbocycles. The maximum Gasteiger partial charge on any atom is 0.141 e. The van der Waals surface area contributed by atoms with Crippen LogP contribution in [0.4, 0.5) is 0 Å². The van der Waals surface area contributed by atoms with Crippen molar-refractivity contribution in [2.24, 2.45) is 5.73 Å². The van der Waals surface area contributed by atoms with Crippen molar-refractivity contribution in [1.82, 2.24) is 22.8 Å². The van der Waals surface area contributed by atoms with E-state index in [9.17, 15) is 0 Å². The minimum absolute atomic E-state index is 0.0309. The second-order valence-corrected chi connectivity index (χ2v) is 8.68. The highest BCUT2D eigenvalue weighted by atomic mass is 127. The molecule has 0 spiro atoms. The van der Waals surface area contributed by atoms with E-state index in [0.717, 1.165) is 64.6 Å². The maximum absolute atomic E-state index is 7.57. The zero-order valence-electron chi connectivity index (χ0n) is 16.0. The lowest BCUT2D eigenvalue weighted by atomic mass is 10.2. The molecule has 1 aromatic heterocycles. The summed E-state index contributed by atoms with van der Waals surface area (Å²) >= 11 is 2.35. The number of halogens is 1. The standard InChI is InChI=1S/C18H32IN7/c1-23-9-12-25(14-11-24(2)19)7-4-8-26(13-10-23)15-16-5-3-6-17(22-16)18(20)21/h3,5-6H,4,7-15H2,1-2H3,(H3,20,21). The molecule has 26 heavy (non-hydrogen) atoms. The van der Waals surface area contributed by atoms with Crippen LogP contribution in [0.5, 0.6) is 0 Å². The number of nitrogens with two attached hydrogens (primary N) is 1. The molecule has 0 atom stereocenters. The van der Waals surface area contributed by atoms with Gasteiger partial charge >= 0.3 is 0 Å². The number of amidine groups is 1. The predicted molar refractivity (Wildman–Crippen MR) is 116 cm³/mol. The van der Waals surface area contributed by atoms with Crippen LogP contribution in [0.1, 0.15) is 17.8 Å². The second kappa shape index (κ2) is 11.1. The Hall–Kier alpha value is -0.810. The summed E-state index contributed by atoms with van der Waals surface area (Å²) in [7, 11) is 4.33. The quantitative estimate of drug-likeness (QED) is 0.279. The van der Waals surface area contributed by atoms with E-state index < -0.39 is 0 Å². The average Bonchev–Trinajstić information content (AvgIpc) is 2.61. The molecule has 2 rings (SSSR count). The van der Waals surface area contributed by atoms with Gasteiger partial charge in [-0.2, -0.15) is 0 Å². The predicted octanol–water partition coefficient (Wildman–Crippen LogP) is 1.09. The highest BCUT2D eigenvalue weighted by molar-refractivity contribution is 14.1.